The fourth-order valence-corrected chi connectivity index (χ4v) is 4.80. The van der Waals surface area contributed by atoms with Gasteiger partial charge >= 0.3 is 0 Å². The van der Waals surface area contributed by atoms with Gasteiger partial charge in [-0.05, 0) is 66.8 Å². The Balaban J connectivity index is 1.34. The summed E-state index contributed by atoms with van der Waals surface area (Å²) >= 11 is 0. The van der Waals surface area contributed by atoms with Gasteiger partial charge in [0, 0.05) is 19.5 Å². The van der Waals surface area contributed by atoms with Crippen LogP contribution in [0.1, 0.15) is 77.8 Å². The minimum Gasteiger partial charge on any atom is -0.484 e. The Morgan fingerprint density at radius 1 is 1.16 bits per heavy atom. The molecule has 0 radical (unpaired) electrons. The van der Waals surface area contributed by atoms with Crippen LogP contribution in [-0.2, 0) is 17.8 Å². The fourth-order valence-electron chi connectivity index (χ4n) is 4.80. The van der Waals surface area contributed by atoms with Gasteiger partial charge in [0.05, 0.1) is 6.04 Å². The molecule has 1 aliphatic heterocycles. The van der Waals surface area contributed by atoms with Gasteiger partial charge in [-0.3, -0.25) is 9.59 Å². The average Bonchev–Trinajstić information content (AvgIpc) is 3.60. The summed E-state index contributed by atoms with van der Waals surface area (Å²) in [6.45, 7) is 7.71. The minimum absolute atomic E-state index is 0.111. The number of hydrogen-bond acceptors (Lipinski definition) is 5. The molecule has 5 rings (SSSR count). The number of ether oxygens (including phenoxy) is 1. The summed E-state index contributed by atoms with van der Waals surface area (Å²) in [7, 11) is 0. The van der Waals surface area contributed by atoms with Crippen molar-refractivity contribution in [1.29, 1.82) is 0 Å². The highest BCUT2D eigenvalue weighted by Gasteiger charge is 2.32. The first-order valence-corrected chi connectivity index (χ1v) is 13.2. The van der Waals surface area contributed by atoms with E-state index in [1.807, 2.05) is 17.0 Å². The van der Waals surface area contributed by atoms with Crippen molar-refractivity contribution in [3.05, 3.63) is 82.6 Å². The number of rotatable bonds is 9. The molecule has 1 saturated carbocycles. The Morgan fingerprint density at radius 2 is 1.95 bits per heavy atom. The predicted octanol–water partition coefficient (Wildman–Crippen LogP) is 5.22. The molecule has 2 heterocycles. The van der Waals surface area contributed by atoms with Crippen molar-refractivity contribution in [1.82, 2.24) is 15.2 Å². The van der Waals surface area contributed by atoms with Gasteiger partial charge < -0.3 is 19.4 Å². The summed E-state index contributed by atoms with van der Waals surface area (Å²) in [6, 6.07) is 14.3. The molecular weight excluding hydrogens is 466 g/mol. The second-order valence-electron chi connectivity index (χ2n) is 10.7. The van der Waals surface area contributed by atoms with Crippen LogP contribution in [0.4, 0.5) is 0 Å². The molecule has 7 nitrogen and oxygen atoms in total. The van der Waals surface area contributed by atoms with Crippen molar-refractivity contribution in [3.8, 4) is 5.75 Å². The first kappa shape index (κ1) is 25.1. The van der Waals surface area contributed by atoms with Crippen LogP contribution in [0, 0.1) is 18.8 Å². The largest absolute Gasteiger partial charge is 0.484 e. The Morgan fingerprint density at radius 3 is 2.68 bits per heavy atom. The summed E-state index contributed by atoms with van der Waals surface area (Å²) in [5.41, 5.74) is 4.84. The molecule has 0 spiro atoms. The molecule has 1 atom stereocenters. The molecular formula is C30H35N3O4. The molecule has 0 bridgehead atoms. The number of fused-ring (bicyclic) bond motifs is 1. The van der Waals surface area contributed by atoms with Crippen molar-refractivity contribution in [2.24, 2.45) is 11.8 Å². The summed E-state index contributed by atoms with van der Waals surface area (Å²) < 4.78 is 11.5. The van der Waals surface area contributed by atoms with Gasteiger partial charge in [0.2, 0.25) is 11.8 Å². The molecule has 2 aromatic carbocycles. The maximum absolute atomic E-state index is 13.3. The lowest BCUT2D eigenvalue weighted by Crippen LogP contribution is -2.41. The Labute approximate surface area is 218 Å². The standard InChI is InChI=1S/C30H35N3O4/c1-19(2)14-28(34)33-13-12-22-10-11-24(15-25(22)29(33)23-8-4-20(3)5-9-23)36-18-27-32-26(17-37-27)30(35)31-16-21-6-7-21/h4-5,8-11,15,17,19,21,29H,6-7,12-14,16,18H2,1-3H3,(H,31,35)/t29-/m1/s1. The number of nitrogens with one attached hydrogen (secondary N) is 1. The van der Waals surface area contributed by atoms with Crippen LogP contribution in [0.2, 0.25) is 0 Å². The van der Waals surface area contributed by atoms with Crippen molar-refractivity contribution in [2.75, 3.05) is 13.1 Å². The van der Waals surface area contributed by atoms with Crippen molar-refractivity contribution < 1.29 is 18.7 Å². The molecule has 7 heteroatoms. The SMILES string of the molecule is Cc1ccc([C@@H]2c3cc(OCc4nc(C(=O)NCC5CC5)co4)ccc3CCN2C(=O)CC(C)C)cc1. The molecule has 1 fully saturated rings. The van der Waals surface area contributed by atoms with Gasteiger partial charge in [-0.2, -0.15) is 0 Å². The number of carbonyl (C=O) groups is 2. The molecule has 0 saturated heterocycles. The summed E-state index contributed by atoms with van der Waals surface area (Å²) in [5.74, 6) is 1.87. The lowest BCUT2D eigenvalue weighted by atomic mass is 9.87. The quantitative estimate of drug-likeness (QED) is 0.434. The van der Waals surface area contributed by atoms with Crippen LogP contribution in [0.3, 0.4) is 0 Å². The fraction of sp³-hybridized carbons (Fsp3) is 0.433. The van der Waals surface area contributed by atoms with Gasteiger partial charge in [-0.25, -0.2) is 4.98 Å². The van der Waals surface area contributed by atoms with E-state index >= 15 is 0 Å². The number of hydrogen-bond donors (Lipinski definition) is 1. The third-order valence-corrected chi connectivity index (χ3v) is 7.04. The van der Waals surface area contributed by atoms with E-state index < -0.39 is 0 Å². The van der Waals surface area contributed by atoms with Gasteiger partial charge in [0.1, 0.15) is 12.0 Å². The second kappa shape index (κ2) is 10.8. The predicted molar refractivity (Wildman–Crippen MR) is 140 cm³/mol. The molecule has 2 amide bonds. The molecule has 0 unspecified atom stereocenters. The van der Waals surface area contributed by atoms with Crippen LogP contribution < -0.4 is 10.1 Å². The average molecular weight is 502 g/mol. The van der Waals surface area contributed by atoms with Gasteiger partial charge in [-0.1, -0.05) is 49.7 Å². The van der Waals surface area contributed by atoms with Crippen molar-refractivity contribution in [2.45, 2.75) is 59.1 Å². The van der Waals surface area contributed by atoms with Crippen LogP contribution in [0.5, 0.6) is 5.75 Å². The first-order valence-electron chi connectivity index (χ1n) is 13.2. The van der Waals surface area contributed by atoms with Crippen LogP contribution in [0.15, 0.2) is 53.1 Å². The third-order valence-electron chi connectivity index (χ3n) is 7.04. The van der Waals surface area contributed by atoms with E-state index in [1.54, 1.807) is 0 Å². The molecule has 3 aromatic rings. The smallest absolute Gasteiger partial charge is 0.273 e. The zero-order valence-corrected chi connectivity index (χ0v) is 21.8. The number of benzene rings is 2. The van der Waals surface area contributed by atoms with E-state index in [4.69, 9.17) is 9.15 Å². The van der Waals surface area contributed by atoms with Gasteiger partial charge in [0.25, 0.3) is 5.91 Å². The topological polar surface area (TPSA) is 84.7 Å². The van der Waals surface area contributed by atoms with E-state index in [-0.39, 0.29) is 30.2 Å². The maximum atomic E-state index is 13.3. The molecule has 1 aliphatic carbocycles. The normalized spacial score (nSPS) is 17.0. The highest BCUT2D eigenvalue weighted by molar-refractivity contribution is 5.91. The molecule has 1 aromatic heterocycles. The first-order chi connectivity index (χ1) is 17.9. The molecule has 37 heavy (non-hydrogen) atoms. The summed E-state index contributed by atoms with van der Waals surface area (Å²) in [5, 5.41) is 2.90. The monoisotopic (exact) mass is 501 g/mol. The minimum atomic E-state index is -0.220. The van der Waals surface area contributed by atoms with E-state index in [1.165, 1.54) is 30.2 Å². The lowest BCUT2D eigenvalue weighted by Gasteiger charge is -2.38. The van der Waals surface area contributed by atoms with E-state index in [9.17, 15) is 9.59 Å². The summed E-state index contributed by atoms with van der Waals surface area (Å²) in [4.78, 5) is 31.8. The number of carbonyl (C=O) groups excluding carboxylic acids is 2. The van der Waals surface area contributed by atoms with Gasteiger partial charge in [0.15, 0.2) is 12.3 Å². The number of amides is 2. The Hall–Kier alpha value is -3.61. The second-order valence-corrected chi connectivity index (χ2v) is 10.7. The zero-order valence-electron chi connectivity index (χ0n) is 21.8. The van der Waals surface area contributed by atoms with E-state index in [0.29, 0.717) is 43.0 Å². The van der Waals surface area contributed by atoms with E-state index in [2.05, 4.69) is 61.4 Å². The Bertz CT molecular complexity index is 1260. The lowest BCUT2D eigenvalue weighted by molar-refractivity contribution is -0.134. The van der Waals surface area contributed by atoms with Crippen LogP contribution >= 0.6 is 0 Å². The molecule has 1 N–H and O–H groups in total. The zero-order chi connectivity index (χ0) is 25.9. The molecule has 2 aliphatic rings. The van der Waals surface area contributed by atoms with E-state index in [0.717, 1.165) is 17.5 Å². The van der Waals surface area contributed by atoms with Crippen molar-refractivity contribution in [3.63, 3.8) is 0 Å². The highest BCUT2D eigenvalue weighted by atomic mass is 16.5. The van der Waals surface area contributed by atoms with Crippen LogP contribution in [-0.4, -0.2) is 34.8 Å². The number of aryl methyl sites for hydroxylation is 1. The number of aromatic nitrogens is 1. The Kier molecular flexibility index (Phi) is 7.31. The molecule has 194 valence electrons. The van der Waals surface area contributed by atoms with Crippen molar-refractivity contribution >= 4 is 11.8 Å². The van der Waals surface area contributed by atoms with Crippen LogP contribution in [0.25, 0.3) is 0 Å². The summed E-state index contributed by atoms with van der Waals surface area (Å²) in [6.07, 6.45) is 5.05. The number of oxazole rings is 1. The highest BCUT2D eigenvalue weighted by Crippen LogP contribution is 2.38. The third kappa shape index (κ3) is 6.04. The number of nitrogens with zero attached hydrogens (tertiary/aromatic N) is 2. The van der Waals surface area contributed by atoms with Gasteiger partial charge in [-0.15, -0.1) is 0 Å². The maximum Gasteiger partial charge on any atom is 0.273 e.